The van der Waals surface area contributed by atoms with Gasteiger partial charge in [0.1, 0.15) is 0 Å². The molecule has 0 spiro atoms. The maximum Gasteiger partial charge on any atom is 0.237 e. The zero-order valence-corrected chi connectivity index (χ0v) is 18.3. The number of halogens is 1. The van der Waals surface area contributed by atoms with Crippen LogP contribution in [-0.4, -0.2) is 17.1 Å². The Morgan fingerprint density at radius 2 is 1.66 bits per heavy atom. The number of nitrogens with one attached hydrogen (secondary N) is 2. The van der Waals surface area contributed by atoms with Crippen molar-refractivity contribution in [3.05, 3.63) is 88.9 Å². The maximum atomic E-state index is 12.5. The average molecular weight is 469 g/mol. The van der Waals surface area contributed by atoms with Crippen LogP contribution in [0.25, 0.3) is 0 Å². The number of para-hydroxylation sites is 1. The highest BCUT2D eigenvalue weighted by Crippen LogP contribution is 2.28. The first-order chi connectivity index (χ1) is 14.0. The first kappa shape index (κ1) is 21.1. The molecule has 1 atom stereocenters. The van der Waals surface area contributed by atoms with Gasteiger partial charge in [-0.05, 0) is 58.7 Å². The van der Waals surface area contributed by atoms with E-state index >= 15 is 0 Å². The van der Waals surface area contributed by atoms with Gasteiger partial charge in [-0.15, -0.1) is 11.8 Å². The second kappa shape index (κ2) is 10.3. The van der Waals surface area contributed by atoms with E-state index in [9.17, 15) is 9.59 Å². The molecule has 0 heterocycles. The Morgan fingerprint density at radius 1 is 0.931 bits per heavy atom. The van der Waals surface area contributed by atoms with Crippen molar-refractivity contribution in [3.63, 3.8) is 0 Å². The Balaban J connectivity index is 1.58. The van der Waals surface area contributed by atoms with Crippen LogP contribution >= 0.6 is 27.7 Å². The molecule has 0 aliphatic heterocycles. The molecule has 3 aromatic carbocycles. The number of anilines is 2. The van der Waals surface area contributed by atoms with E-state index in [0.717, 1.165) is 20.6 Å². The molecule has 0 radical (unpaired) electrons. The minimum atomic E-state index is -0.294. The van der Waals surface area contributed by atoms with E-state index in [-0.39, 0.29) is 17.1 Å². The lowest BCUT2D eigenvalue weighted by Crippen LogP contribution is -2.22. The zero-order valence-electron chi connectivity index (χ0n) is 15.9. The van der Waals surface area contributed by atoms with Crippen molar-refractivity contribution < 1.29 is 9.59 Å². The summed E-state index contributed by atoms with van der Waals surface area (Å²) in [5, 5.41) is 5.56. The van der Waals surface area contributed by atoms with Gasteiger partial charge in [-0.2, -0.15) is 0 Å². The van der Waals surface area contributed by atoms with E-state index in [0.29, 0.717) is 12.1 Å². The summed E-state index contributed by atoms with van der Waals surface area (Å²) in [5.74, 6) is -0.154. The number of hydrogen-bond acceptors (Lipinski definition) is 3. The second-order valence-corrected chi connectivity index (χ2v) is 8.74. The highest BCUT2D eigenvalue weighted by molar-refractivity contribution is 9.10. The molecule has 1 unspecified atom stereocenters. The molecule has 2 amide bonds. The fraction of sp³-hybridized carbons (Fsp3) is 0.130. The van der Waals surface area contributed by atoms with Crippen LogP contribution in [0.1, 0.15) is 12.5 Å². The molecule has 0 saturated heterocycles. The van der Waals surface area contributed by atoms with Gasteiger partial charge in [-0.3, -0.25) is 9.59 Å². The monoisotopic (exact) mass is 468 g/mol. The first-order valence-electron chi connectivity index (χ1n) is 9.17. The molecule has 0 fully saturated rings. The molecule has 2 N–H and O–H groups in total. The van der Waals surface area contributed by atoms with Gasteiger partial charge in [-0.25, -0.2) is 0 Å². The van der Waals surface area contributed by atoms with Crippen molar-refractivity contribution in [2.24, 2.45) is 0 Å². The third-order valence-corrected chi connectivity index (χ3v) is 5.92. The van der Waals surface area contributed by atoms with Crippen molar-refractivity contribution in [1.82, 2.24) is 0 Å². The van der Waals surface area contributed by atoms with Crippen LogP contribution in [0.2, 0.25) is 0 Å². The summed E-state index contributed by atoms with van der Waals surface area (Å²) in [6.07, 6.45) is 0.322. The number of carbonyl (C=O) groups is 2. The van der Waals surface area contributed by atoms with Crippen LogP contribution in [0.15, 0.2) is 88.2 Å². The van der Waals surface area contributed by atoms with Crippen LogP contribution in [0.3, 0.4) is 0 Å². The van der Waals surface area contributed by atoms with Crippen molar-refractivity contribution in [1.29, 1.82) is 0 Å². The van der Waals surface area contributed by atoms with Crippen molar-refractivity contribution >= 4 is 50.9 Å². The average Bonchev–Trinajstić information content (AvgIpc) is 2.70. The van der Waals surface area contributed by atoms with Crippen LogP contribution in [0, 0.1) is 0 Å². The van der Waals surface area contributed by atoms with Crippen molar-refractivity contribution in [2.75, 3.05) is 10.6 Å². The van der Waals surface area contributed by atoms with Crippen LogP contribution in [0.5, 0.6) is 0 Å². The molecular weight excluding hydrogens is 448 g/mol. The van der Waals surface area contributed by atoms with E-state index in [4.69, 9.17) is 0 Å². The van der Waals surface area contributed by atoms with Gasteiger partial charge >= 0.3 is 0 Å². The number of amides is 2. The van der Waals surface area contributed by atoms with Gasteiger partial charge in [0, 0.05) is 15.1 Å². The largest absolute Gasteiger partial charge is 0.326 e. The van der Waals surface area contributed by atoms with Crippen LogP contribution < -0.4 is 10.6 Å². The topological polar surface area (TPSA) is 58.2 Å². The molecule has 0 bridgehead atoms. The Labute approximate surface area is 183 Å². The minimum absolute atomic E-state index is 0.0712. The first-order valence-corrected chi connectivity index (χ1v) is 10.8. The van der Waals surface area contributed by atoms with E-state index in [2.05, 4.69) is 26.6 Å². The smallest absolute Gasteiger partial charge is 0.237 e. The van der Waals surface area contributed by atoms with E-state index in [1.165, 1.54) is 11.8 Å². The molecule has 6 heteroatoms. The summed E-state index contributed by atoms with van der Waals surface area (Å²) >= 11 is 4.88. The van der Waals surface area contributed by atoms with Gasteiger partial charge < -0.3 is 10.6 Å². The van der Waals surface area contributed by atoms with Gasteiger partial charge in [0.05, 0.1) is 17.4 Å². The standard InChI is InChI=1S/C23H21BrN2O2S/c1-16(23(28)26-21-13-6-5-12-20(21)24)29-19-11-7-10-18(15-19)25-22(27)14-17-8-3-2-4-9-17/h2-13,15-16H,14H2,1H3,(H,25,27)(H,26,28). The summed E-state index contributed by atoms with van der Waals surface area (Å²) in [7, 11) is 0. The number of hydrogen-bond donors (Lipinski definition) is 2. The van der Waals surface area contributed by atoms with Crippen molar-refractivity contribution in [2.45, 2.75) is 23.5 Å². The molecule has 0 saturated carbocycles. The molecule has 3 rings (SSSR count). The van der Waals surface area contributed by atoms with Crippen LogP contribution in [0.4, 0.5) is 11.4 Å². The second-order valence-electron chi connectivity index (χ2n) is 6.47. The molecule has 4 nitrogen and oxygen atoms in total. The Bertz CT molecular complexity index is 995. The van der Waals surface area contributed by atoms with Gasteiger partial charge in [0.2, 0.25) is 11.8 Å². The zero-order chi connectivity index (χ0) is 20.6. The lowest BCUT2D eigenvalue weighted by molar-refractivity contribution is -0.116. The number of thioether (sulfide) groups is 1. The minimum Gasteiger partial charge on any atom is -0.326 e. The number of rotatable bonds is 7. The summed E-state index contributed by atoms with van der Waals surface area (Å²) in [4.78, 5) is 25.7. The lowest BCUT2D eigenvalue weighted by atomic mass is 10.1. The molecule has 29 heavy (non-hydrogen) atoms. The predicted molar refractivity (Wildman–Crippen MR) is 123 cm³/mol. The fourth-order valence-corrected chi connectivity index (χ4v) is 4.00. The lowest BCUT2D eigenvalue weighted by Gasteiger charge is -2.14. The highest BCUT2D eigenvalue weighted by Gasteiger charge is 2.16. The summed E-state index contributed by atoms with van der Waals surface area (Å²) < 4.78 is 0.841. The molecule has 0 aromatic heterocycles. The molecule has 3 aromatic rings. The predicted octanol–water partition coefficient (Wildman–Crippen LogP) is 5.75. The van der Waals surface area contributed by atoms with Crippen LogP contribution in [-0.2, 0) is 16.0 Å². The Morgan fingerprint density at radius 3 is 2.41 bits per heavy atom. The van der Waals surface area contributed by atoms with Gasteiger partial charge in [0.15, 0.2) is 0 Å². The number of carbonyl (C=O) groups excluding carboxylic acids is 2. The molecule has 0 aliphatic carbocycles. The Kier molecular flexibility index (Phi) is 7.49. The van der Waals surface area contributed by atoms with E-state index < -0.39 is 0 Å². The summed E-state index contributed by atoms with van der Waals surface area (Å²) in [5.41, 5.74) is 2.43. The molecular formula is C23H21BrN2O2S. The molecule has 0 aliphatic rings. The third-order valence-electron chi connectivity index (χ3n) is 4.14. The van der Waals surface area contributed by atoms with E-state index in [1.54, 1.807) is 0 Å². The fourth-order valence-electron chi connectivity index (χ4n) is 2.69. The highest BCUT2D eigenvalue weighted by atomic mass is 79.9. The quantitative estimate of drug-likeness (QED) is 0.434. The SMILES string of the molecule is CC(Sc1cccc(NC(=O)Cc2ccccc2)c1)C(=O)Nc1ccccc1Br. The van der Waals surface area contributed by atoms with Crippen molar-refractivity contribution in [3.8, 4) is 0 Å². The number of benzene rings is 3. The Hall–Kier alpha value is -2.57. The molecule has 148 valence electrons. The van der Waals surface area contributed by atoms with Gasteiger partial charge in [-0.1, -0.05) is 48.5 Å². The summed E-state index contributed by atoms with van der Waals surface area (Å²) in [6, 6.07) is 24.7. The maximum absolute atomic E-state index is 12.5. The summed E-state index contributed by atoms with van der Waals surface area (Å²) in [6.45, 7) is 1.86. The van der Waals surface area contributed by atoms with Gasteiger partial charge in [0.25, 0.3) is 0 Å². The normalized spacial score (nSPS) is 11.5. The van der Waals surface area contributed by atoms with E-state index in [1.807, 2.05) is 85.8 Å². The third kappa shape index (κ3) is 6.48.